The van der Waals surface area contributed by atoms with Crippen molar-refractivity contribution in [3.05, 3.63) is 41.7 Å². The topological polar surface area (TPSA) is 257 Å². The van der Waals surface area contributed by atoms with E-state index in [1.165, 1.54) is 45.8 Å². The van der Waals surface area contributed by atoms with Gasteiger partial charge in [0.1, 0.15) is 48.5 Å². The van der Waals surface area contributed by atoms with Gasteiger partial charge in [-0.15, -0.1) is 0 Å². The lowest BCUT2D eigenvalue weighted by Crippen LogP contribution is -2.37. The molecule has 0 aromatic carbocycles. The number of hydrogen-bond donors (Lipinski definition) is 5. The monoisotopic (exact) mass is 744 g/mol. The molecule has 256 valence electrons. The fourth-order valence-corrected chi connectivity index (χ4v) is 8.94. The molecule has 10 atom stereocenters. The zero-order chi connectivity index (χ0) is 33.5. The molecule has 5 aromatic rings. The van der Waals surface area contributed by atoms with Gasteiger partial charge >= 0.3 is 13.6 Å². The zero-order valence-electron chi connectivity index (χ0n) is 24.4. The first-order chi connectivity index (χ1) is 22.9. The Hall–Kier alpha value is -2.92. The molecular formula is C23H26N10O11P2S2. The number of fused-ring (bicyclic) bond motifs is 6. The van der Waals surface area contributed by atoms with Crippen LogP contribution in [0.4, 0.5) is 5.82 Å². The van der Waals surface area contributed by atoms with E-state index in [2.05, 4.69) is 54.4 Å². The number of rotatable bonds is 3. The number of nitrogen functional groups attached to an aromatic ring is 1. The number of aromatic amines is 1. The van der Waals surface area contributed by atoms with Crippen molar-refractivity contribution >= 4 is 72.0 Å². The maximum Gasteiger partial charge on any atom is 0.386 e. The molecule has 0 saturated carbocycles. The molecule has 0 spiro atoms. The van der Waals surface area contributed by atoms with E-state index in [9.17, 15) is 19.0 Å². The lowest BCUT2D eigenvalue weighted by atomic mass is 10.1. The second-order valence-corrected chi connectivity index (χ2v) is 16.7. The Kier molecular flexibility index (Phi) is 7.97. The number of methoxy groups -OCH3 is 1. The van der Waals surface area contributed by atoms with Crippen LogP contribution in [0.3, 0.4) is 0 Å². The summed E-state index contributed by atoms with van der Waals surface area (Å²) in [5.74, 6) is 0.345. The maximum atomic E-state index is 13.7. The summed E-state index contributed by atoms with van der Waals surface area (Å²) in [7, 11) is 1.36. The molecule has 0 amide bonds. The van der Waals surface area contributed by atoms with Crippen LogP contribution in [-0.2, 0) is 41.4 Å². The summed E-state index contributed by atoms with van der Waals surface area (Å²) in [5, 5.41) is 11.2. The number of nitrogens with two attached hydrogens (primary N) is 1. The first-order valence-electron chi connectivity index (χ1n) is 14.1. The van der Waals surface area contributed by atoms with Gasteiger partial charge in [0, 0.05) is 19.5 Å². The second-order valence-electron chi connectivity index (χ2n) is 11.0. The molecule has 0 aliphatic carbocycles. The molecule has 3 saturated heterocycles. The highest BCUT2D eigenvalue weighted by atomic mass is 32.7. The van der Waals surface area contributed by atoms with Crippen molar-refractivity contribution in [1.29, 1.82) is 0 Å². The zero-order valence-corrected chi connectivity index (χ0v) is 28.0. The average Bonchev–Trinajstić information content (AvgIpc) is 3.87. The molecule has 2 bridgehead atoms. The fraction of sp³-hybridized carbons (Fsp3) is 0.478. The van der Waals surface area contributed by atoms with Crippen LogP contribution >= 0.6 is 38.1 Å². The van der Waals surface area contributed by atoms with Crippen LogP contribution < -0.4 is 11.3 Å². The first-order valence-corrected chi connectivity index (χ1v) is 19.5. The van der Waals surface area contributed by atoms with Gasteiger partial charge < -0.3 is 30.0 Å². The van der Waals surface area contributed by atoms with Crippen LogP contribution in [-0.4, -0.2) is 105 Å². The van der Waals surface area contributed by atoms with Crippen LogP contribution in [0.5, 0.6) is 0 Å². The number of imidazole rings is 3. The summed E-state index contributed by atoms with van der Waals surface area (Å²) in [4.78, 5) is 36.9. The van der Waals surface area contributed by atoms with Crippen molar-refractivity contribution in [2.24, 2.45) is 0 Å². The summed E-state index contributed by atoms with van der Waals surface area (Å²) in [6.07, 6.45) is -2.82. The molecule has 21 nitrogen and oxygen atoms in total. The molecule has 8 heterocycles. The molecule has 3 fully saturated rings. The van der Waals surface area contributed by atoms with E-state index < -0.39 is 81.4 Å². The summed E-state index contributed by atoms with van der Waals surface area (Å²) in [6.45, 7) is -9.61. The van der Waals surface area contributed by atoms with E-state index in [-0.39, 0.29) is 33.9 Å². The highest BCUT2D eigenvalue weighted by Crippen LogP contribution is 2.60. The van der Waals surface area contributed by atoms with Crippen molar-refractivity contribution in [3.63, 3.8) is 0 Å². The largest absolute Gasteiger partial charge is 0.387 e. The minimum Gasteiger partial charge on any atom is -0.387 e. The highest BCUT2D eigenvalue weighted by Gasteiger charge is 2.53. The fourth-order valence-electron chi connectivity index (χ4n) is 5.99. The number of aliphatic hydroxyl groups is 1. The Morgan fingerprint density at radius 1 is 0.958 bits per heavy atom. The van der Waals surface area contributed by atoms with Crippen molar-refractivity contribution in [2.75, 3.05) is 26.1 Å². The van der Waals surface area contributed by atoms with E-state index >= 15 is 0 Å². The molecule has 25 heteroatoms. The molecule has 0 radical (unpaired) electrons. The van der Waals surface area contributed by atoms with Gasteiger partial charge in [0.2, 0.25) is 5.78 Å². The third kappa shape index (κ3) is 5.38. The number of nitrogens with one attached hydrogen (secondary N) is 1. The summed E-state index contributed by atoms with van der Waals surface area (Å²) >= 11 is 8.34. The number of thiol groups is 2. The second kappa shape index (κ2) is 11.9. The minimum absolute atomic E-state index is 0.0460. The third-order valence-electron chi connectivity index (χ3n) is 8.18. The Balaban J connectivity index is 1.13. The van der Waals surface area contributed by atoms with Gasteiger partial charge in [0.05, 0.1) is 25.9 Å². The Bertz CT molecular complexity index is 2200. The normalized spacial score (nSPS) is 36.2. The Labute approximate surface area is 278 Å². The van der Waals surface area contributed by atoms with Crippen LogP contribution in [0.1, 0.15) is 12.5 Å². The maximum absolute atomic E-state index is 13.7. The van der Waals surface area contributed by atoms with Crippen LogP contribution in [0.15, 0.2) is 36.2 Å². The number of aliphatic hydroxyl groups excluding tert-OH is 1. The lowest BCUT2D eigenvalue weighted by Gasteiger charge is -2.27. The molecule has 3 aliphatic rings. The predicted octanol–water partition coefficient (Wildman–Crippen LogP) is 0.858. The molecule has 5 aromatic heterocycles. The van der Waals surface area contributed by atoms with E-state index in [4.69, 9.17) is 38.0 Å². The van der Waals surface area contributed by atoms with Crippen molar-refractivity contribution in [3.8, 4) is 0 Å². The van der Waals surface area contributed by atoms with Gasteiger partial charge in [-0.3, -0.25) is 36.4 Å². The Morgan fingerprint density at radius 3 is 2.38 bits per heavy atom. The lowest BCUT2D eigenvalue weighted by molar-refractivity contribution is -0.0598. The van der Waals surface area contributed by atoms with E-state index in [1.807, 2.05) is 0 Å². The van der Waals surface area contributed by atoms with Crippen LogP contribution in [0, 0.1) is 0 Å². The standard InChI is InChI=1S/C23H26N10O11P2S2/c1-38-16-14-10(42-22(16)33-8-29-12-19(33)30-23-25-2-3-31(23)20(12)35)5-40-46(37,48)44-15-13(34)9(4-39-45(36,47)43-14)41-21(15)32-7-28-11-17(24)26-6-27-18(11)32/h2-3,6-10,13-16,21-22,34H,4-5H2,1H3,(H,25,30)(H,36,47)(H,37,48)(H2,24,26,27)/t9-,10-,13-,14-,15-,16-,21-,22-,45?,46?/m1/s1. The van der Waals surface area contributed by atoms with Gasteiger partial charge in [0.15, 0.2) is 35.1 Å². The number of ether oxygens (including phenoxy) is 3. The van der Waals surface area contributed by atoms with Crippen LogP contribution in [0.2, 0.25) is 0 Å². The molecule has 3 aliphatic heterocycles. The van der Waals surface area contributed by atoms with Gasteiger partial charge in [0.25, 0.3) is 5.56 Å². The minimum atomic E-state index is -4.32. The number of anilines is 1. The molecular weight excluding hydrogens is 718 g/mol. The Morgan fingerprint density at radius 2 is 1.62 bits per heavy atom. The number of H-pyrrole nitrogens is 1. The van der Waals surface area contributed by atoms with E-state index in [0.29, 0.717) is 0 Å². The smallest absolute Gasteiger partial charge is 0.386 e. The number of hydrogen-bond acceptors (Lipinski definition) is 17. The average molecular weight is 745 g/mol. The van der Waals surface area contributed by atoms with Gasteiger partial charge in [-0.05, 0) is 0 Å². The van der Waals surface area contributed by atoms with Crippen molar-refractivity contribution in [1.82, 2.24) is 43.4 Å². The van der Waals surface area contributed by atoms with E-state index in [1.54, 1.807) is 6.20 Å². The highest BCUT2D eigenvalue weighted by molar-refractivity contribution is 8.44. The summed E-state index contributed by atoms with van der Waals surface area (Å²) < 4.78 is 72.4. The molecule has 8 rings (SSSR count). The number of aromatic nitrogens is 9. The molecule has 2 unspecified atom stereocenters. The molecule has 4 N–H and O–H groups in total. The number of nitrogens with zero attached hydrogens (tertiary/aromatic N) is 8. The summed E-state index contributed by atoms with van der Waals surface area (Å²) in [5.41, 5.74) is 6.18. The van der Waals surface area contributed by atoms with Gasteiger partial charge in [-0.25, -0.2) is 29.1 Å². The van der Waals surface area contributed by atoms with Gasteiger partial charge in [-0.1, -0.05) is 24.5 Å². The molecule has 48 heavy (non-hydrogen) atoms. The third-order valence-corrected chi connectivity index (χ3v) is 11.4. The van der Waals surface area contributed by atoms with Crippen LogP contribution in [0.25, 0.3) is 28.1 Å². The quantitative estimate of drug-likeness (QED) is 0.127. The summed E-state index contributed by atoms with van der Waals surface area (Å²) in [6, 6.07) is 0. The van der Waals surface area contributed by atoms with E-state index in [0.717, 1.165) is 0 Å². The van der Waals surface area contributed by atoms with Crippen molar-refractivity contribution in [2.45, 2.75) is 49.1 Å². The predicted molar refractivity (Wildman–Crippen MR) is 168 cm³/mol. The van der Waals surface area contributed by atoms with Gasteiger partial charge in [-0.2, -0.15) is 4.98 Å². The van der Waals surface area contributed by atoms with Crippen molar-refractivity contribution < 1.29 is 46.5 Å². The SMILES string of the molecule is CO[C@@H]1[C@@H]2OP(=O)(S)OC[C@H]3O[C@@H](n4cnc5c(N)ncnc54)[C@H](OP(=O)(S)OC[C@H]2O[C@H]1n1cnc2c(=O)n4cc[nH]c4nc21)[C@@H]3O. The first kappa shape index (κ1) is 32.3.